The standard InChI is InChI=1S/C37H56F6O4/c1-23-6-8-24(9-7-23)33(44)26-4-3-5-27(22-26)34(45)25-10-16-31(17-11-25)47-32-20-14-29(15-21-32)35(36(38,39)40,37(41,42)43)28-12-18-30(46-2)19-13-28/h23-32H,3-22H2,1-2H3. The maximum atomic E-state index is 14.7. The largest absolute Gasteiger partial charge is 0.403 e. The van der Waals surface area contributed by atoms with Gasteiger partial charge in [0.2, 0.25) is 0 Å². The van der Waals surface area contributed by atoms with Crippen LogP contribution in [0.5, 0.6) is 0 Å². The van der Waals surface area contributed by atoms with Crippen LogP contribution in [0.3, 0.4) is 0 Å². The number of ether oxygens (including phenoxy) is 2. The molecule has 0 saturated heterocycles. The molecule has 0 N–H and O–H groups in total. The lowest BCUT2D eigenvalue weighted by molar-refractivity contribution is -0.383. The molecule has 0 bridgehead atoms. The van der Waals surface area contributed by atoms with Gasteiger partial charge in [0, 0.05) is 30.8 Å². The third-order valence-corrected chi connectivity index (χ3v) is 13.3. The third-order valence-electron chi connectivity index (χ3n) is 13.3. The second-order valence-corrected chi connectivity index (χ2v) is 16.0. The number of alkyl halides is 6. The zero-order valence-corrected chi connectivity index (χ0v) is 28.3. The summed E-state index contributed by atoms with van der Waals surface area (Å²) in [5, 5.41) is 0. The zero-order chi connectivity index (χ0) is 34.0. The van der Waals surface area contributed by atoms with E-state index in [1.807, 2.05) is 0 Å². The molecule has 5 fully saturated rings. The second-order valence-electron chi connectivity index (χ2n) is 16.0. The molecule has 0 spiro atoms. The molecule has 0 aliphatic heterocycles. The summed E-state index contributed by atoms with van der Waals surface area (Å²) in [5.41, 5.74) is -3.71. The third kappa shape index (κ3) is 8.09. The Morgan fingerprint density at radius 1 is 0.511 bits per heavy atom. The molecular formula is C37H56F6O4. The number of halogens is 6. The van der Waals surface area contributed by atoms with E-state index in [0.29, 0.717) is 43.8 Å². The lowest BCUT2D eigenvalue weighted by Crippen LogP contribution is -2.61. The van der Waals surface area contributed by atoms with Crippen LogP contribution >= 0.6 is 0 Å². The van der Waals surface area contributed by atoms with E-state index in [0.717, 1.165) is 44.9 Å². The van der Waals surface area contributed by atoms with Crippen molar-refractivity contribution in [3.05, 3.63) is 0 Å². The highest BCUT2D eigenvalue weighted by Crippen LogP contribution is 2.65. The normalized spacial score (nSPS) is 38.1. The summed E-state index contributed by atoms with van der Waals surface area (Å²) in [6.45, 7) is 2.25. The fraction of sp³-hybridized carbons (Fsp3) is 0.946. The number of ketones is 2. The van der Waals surface area contributed by atoms with Gasteiger partial charge in [-0.2, -0.15) is 26.3 Å². The van der Waals surface area contributed by atoms with Crippen molar-refractivity contribution in [2.24, 2.45) is 46.8 Å². The first-order chi connectivity index (χ1) is 22.2. The molecule has 5 rings (SSSR count). The van der Waals surface area contributed by atoms with Crippen molar-refractivity contribution in [1.82, 2.24) is 0 Å². The molecule has 5 saturated carbocycles. The molecule has 0 aromatic rings. The van der Waals surface area contributed by atoms with Crippen molar-refractivity contribution in [3.63, 3.8) is 0 Å². The Morgan fingerprint density at radius 2 is 0.894 bits per heavy atom. The highest BCUT2D eigenvalue weighted by molar-refractivity contribution is 5.87. The van der Waals surface area contributed by atoms with Crippen molar-refractivity contribution in [1.29, 1.82) is 0 Å². The highest BCUT2D eigenvalue weighted by atomic mass is 19.4. The molecule has 0 heterocycles. The summed E-state index contributed by atoms with van der Waals surface area (Å²) in [7, 11) is 1.45. The SMILES string of the molecule is COC1CCC(C(C2CCC(OC3CCC(C(=O)C4CCCC(C(=O)C5CCC(C)CC5)C4)CC3)CC2)(C(F)(F)F)C(F)(F)F)CC1. The van der Waals surface area contributed by atoms with Crippen molar-refractivity contribution in [3.8, 4) is 0 Å². The molecule has 0 amide bonds. The Hall–Kier alpha value is -1.16. The molecule has 0 aromatic heterocycles. The Morgan fingerprint density at radius 3 is 1.30 bits per heavy atom. The summed E-state index contributed by atoms with van der Waals surface area (Å²) in [4.78, 5) is 26.8. The molecule has 2 atom stereocenters. The van der Waals surface area contributed by atoms with E-state index in [9.17, 15) is 35.9 Å². The summed E-state index contributed by atoms with van der Waals surface area (Å²) >= 11 is 0. The van der Waals surface area contributed by atoms with E-state index in [1.54, 1.807) is 0 Å². The van der Waals surface area contributed by atoms with Gasteiger partial charge in [-0.25, -0.2) is 0 Å². The Kier molecular flexibility index (Phi) is 12.1. The van der Waals surface area contributed by atoms with Gasteiger partial charge in [0.1, 0.15) is 11.6 Å². The van der Waals surface area contributed by atoms with Crippen LogP contribution in [0.15, 0.2) is 0 Å². The minimum atomic E-state index is -5.39. The molecule has 5 aliphatic carbocycles. The first-order valence-electron chi connectivity index (χ1n) is 18.6. The lowest BCUT2D eigenvalue weighted by atomic mass is 9.57. The monoisotopic (exact) mass is 678 g/mol. The quantitative estimate of drug-likeness (QED) is 0.228. The number of Topliss-reactive ketones (excluding diaryl/α,β-unsaturated/α-hetero) is 2. The maximum absolute atomic E-state index is 14.7. The number of hydrogen-bond donors (Lipinski definition) is 0. The number of hydrogen-bond acceptors (Lipinski definition) is 4. The Balaban J connectivity index is 1.11. The van der Waals surface area contributed by atoms with Gasteiger partial charge in [0.05, 0.1) is 18.3 Å². The fourth-order valence-corrected chi connectivity index (χ4v) is 10.5. The molecule has 270 valence electrons. The average molecular weight is 679 g/mol. The van der Waals surface area contributed by atoms with Crippen LogP contribution in [0.4, 0.5) is 26.3 Å². The smallest absolute Gasteiger partial charge is 0.381 e. The molecule has 2 unspecified atom stereocenters. The summed E-state index contributed by atoms with van der Waals surface area (Å²) in [6, 6.07) is 0. The molecule has 5 aliphatic rings. The molecule has 10 heteroatoms. The van der Waals surface area contributed by atoms with Crippen molar-refractivity contribution >= 4 is 11.6 Å². The van der Waals surface area contributed by atoms with Crippen molar-refractivity contribution in [2.45, 2.75) is 166 Å². The van der Waals surface area contributed by atoms with Crippen LogP contribution in [0, 0.1) is 46.8 Å². The van der Waals surface area contributed by atoms with E-state index in [2.05, 4.69) is 6.92 Å². The predicted molar refractivity (Wildman–Crippen MR) is 166 cm³/mol. The van der Waals surface area contributed by atoms with Gasteiger partial charge in [0.25, 0.3) is 0 Å². The van der Waals surface area contributed by atoms with Crippen LogP contribution in [0.2, 0.25) is 0 Å². The van der Waals surface area contributed by atoms with Crippen LogP contribution in [-0.2, 0) is 19.1 Å². The zero-order valence-electron chi connectivity index (χ0n) is 28.3. The van der Waals surface area contributed by atoms with Gasteiger partial charge in [-0.15, -0.1) is 0 Å². The molecule has 0 aromatic carbocycles. The van der Waals surface area contributed by atoms with Gasteiger partial charge in [-0.05, 0) is 127 Å². The van der Waals surface area contributed by atoms with Crippen LogP contribution in [0.1, 0.15) is 135 Å². The Bertz CT molecular complexity index is 1010. The van der Waals surface area contributed by atoms with E-state index in [-0.39, 0.29) is 99.1 Å². The average Bonchev–Trinajstić information content (AvgIpc) is 3.05. The molecule has 4 nitrogen and oxygen atoms in total. The molecular weight excluding hydrogens is 622 g/mol. The lowest BCUT2D eigenvalue weighted by Gasteiger charge is -2.51. The maximum Gasteiger partial charge on any atom is 0.403 e. The molecule has 47 heavy (non-hydrogen) atoms. The van der Waals surface area contributed by atoms with Gasteiger partial charge in [-0.1, -0.05) is 26.2 Å². The van der Waals surface area contributed by atoms with Crippen LogP contribution in [-0.4, -0.2) is 49.3 Å². The summed E-state index contributed by atoms with van der Waals surface area (Å²) in [6.07, 6.45) is -1.21. The summed E-state index contributed by atoms with van der Waals surface area (Å²) in [5.74, 6) is -1.66. The first kappa shape index (κ1) is 37.1. The van der Waals surface area contributed by atoms with E-state index in [1.165, 1.54) is 7.11 Å². The Labute approximate surface area is 276 Å². The second kappa shape index (κ2) is 15.4. The van der Waals surface area contributed by atoms with Gasteiger partial charge >= 0.3 is 12.4 Å². The van der Waals surface area contributed by atoms with E-state index >= 15 is 0 Å². The molecule has 0 radical (unpaired) electrons. The number of carbonyl (C=O) groups excluding carboxylic acids is 2. The van der Waals surface area contributed by atoms with E-state index < -0.39 is 29.6 Å². The van der Waals surface area contributed by atoms with Gasteiger partial charge in [0.15, 0.2) is 5.41 Å². The summed E-state index contributed by atoms with van der Waals surface area (Å²) < 4.78 is 99.5. The minimum Gasteiger partial charge on any atom is -0.381 e. The van der Waals surface area contributed by atoms with Gasteiger partial charge in [-0.3, -0.25) is 9.59 Å². The topological polar surface area (TPSA) is 52.6 Å². The van der Waals surface area contributed by atoms with Crippen LogP contribution < -0.4 is 0 Å². The van der Waals surface area contributed by atoms with Gasteiger partial charge < -0.3 is 9.47 Å². The predicted octanol–water partition coefficient (Wildman–Crippen LogP) is 10.2. The fourth-order valence-electron chi connectivity index (χ4n) is 10.5. The van der Waals surface area contributed by atoms with Crippen molar-refractivity contribution < 1.29 is 45.4 Å². The number of rotatable bonds is 9. The van der Waals surface area contributed by atoms with Crippen LogP contribution in [0.25, 0.3) is 0 Å². The first-order valence-corrected chi connectivity index (χ1v) is 18.6. The number of carbonyl (C=O) groups is 2. The van der Waals surface area contributed by atoms with Crippen molar-refractivity contribution in [2.75, 3.05) is 7.11 Å². The minimum absolute atomic E-state index is 0.000259. The highest BCUT2D eigenvalue weighted by Gasteiger charge is 2.76. The van der Waals surface area contributed by atoms with E-state index in [4.69, 9.17) is 9.47 Å². The number of methoxy groups -OCH3 is 1.